The number of halogens is 1. The molecule has 2 atom stereocenters. The van der Waals surface area contributed by atoms with Gasteiger partial charge in [0, 0.05) is 57.3 Å². The molecular weight excluding hydrogens is 418 g/mol. The summed E-state index contributed by atoms with van der Waals surface area (Å²) in [5.74, 6) is 0.613. The summed E-state index contributed by atoms with van der Waals surface area (Å²) in [5.41, 5.74) is -0.133. The van der Waals surface area contributed by atoms with Gasteiger partial charge in [-0.15, -0.1) is 0 Å². The Morgan fingerprint density at radius 3 is 2.32 bits per heavy atom. The number of hydrogen-bond acceptors (Lipinski definition) is 5. The smallest absolute Gasteiger partial charge is 0.266 e. The van der Waals surface area contributed by atoms with Gasteiger partial charge in [-0.3, -0.25) is 14.5 Å². The van der Waals surface area contributed by atoms with Gasteiger partial charge in [-0.1, -0.05) is 11.6 Å². The average Bonchev–Trinajstić information content (AvgIpc) is 2.91. The summed E-state index contributed by atoms with van der Waals surface area (Å²) in [4.78, 5) is 30.8. The van der Waals surface area contributed by atoms with Gasteiger partial charge in [-0.2, -0.15) is 0 Å². The number of nitrogens with zero attached hydrogens (tertiary/aromatic N) is 3. The van der Waals surface area contributed by atoms with Crippen molar-refractivity contribution in [2.24, 2.45) is 0 Å². The quantitative estimate of drug-likeness (QED) is 0.760. The van der Waals surface area contributed by atoms with E-state index in [9.17, 15) is 14.7 Å². The number of aryl methyl sites for hydroxylation is 1. The standard InChI is InChI=1S/C23H34ClN3O4/c1-16-15-18(5-6-19(16)24)31-23(3,4)22(30)27-9-7-20(21(29)8-10-27)26-13-11-25(12-14-26)17(2)28/h5-6,15,20-21,29H,7-14H2,1-4H3/t20-,21-/m0/s1. The molecule has 2 saturated heterocycles. The molecule has 172 valence electrons. The minimum Gasteiger partial charge on any atom is -0.478 e. The fourth-order valence-corrected chi connectivity index (χ4v) is 4.59. The van der Waals surface area contributed by atoms with Crippen LogP contribution in [0.15, 0.2) is 18.2 Å². The van der Waals surface area contributed by atoms with Gasteiger partial charge < -0.3 is 19.6 Å². The Balaban J connectivity index is 1.61. The summed E-state index contributed by atoms with van der Waals surface area (Å²) in [6.07, 6.45) is 0.729. The van der Waals surface area contributed by atoms with Crippen LogP contribution in [-0.2, 0) is 9.59 Å². The topological polar surface area (TPSA) is 73.3 Å². The molecule has 0 spiro atoms. The lowest BCUT2D eigenvalue weighted by Gasteiger charge is -2.40. The van der Waals surface area contributed by atoms with Crippen LogP contribution in [0, 0.1) is 6.92 Å². The highest BCUT2D eigenvalue weighted by Crippen LogP contribution is 2.27. The third kappa shape index (κ3) is 5.70. The number of likely N-dealkylation sites (tertiary alicyclic amines) is 1. The molecule has 7 nitrogen and oxygen atoms in total. The first-order valence-electron chi connectivity index (χ1n) is 11.0. The first-order valence-corrected chi connectivity index (χ1v) is 11.4. The van der Waals surface area contributed by atoms with Crippen LogP contribution in [0.25, 0.3) is 0 Å². The Kier molecular flexibility index (Phi) is 7.50. The number of piperazine rings is 1. The second kappa shape index (κ2) is 9.76. The first-order chi connectivity index (χ1) is 14.6. The number of aliphatic hydroxyl groups excluding tert-OH is 1. The SMILES string of the molecule is CC(=O)N1CCN([C@H]2CCN(C(=O)C(C)(C)Oc3ccc(Cl)c(C)c3)CC[C@@H]2O)CC1. The molecule has 0 unspecified atom stereocenters. The lowest BCUT2D eigenvalue weighted by Crippen LogP contribution is -2.54. The molecule has 2 aliphatic heterocycles. The predicted octanol–water partition coefficient (Wildman–Crippen LogP) is 2.32. The highest BCUT2D eigenvalue weighted by molar-refractivity contribution is 6.31. The largest absolute Gasteiger partial charge is 0.478 e. The second-order valence-electron chi connectivity index (χ2n) is 9.07. The zero-order valence-corrected chi connectivity index (χ0v) is 19.7. The van der Waals surface area contributed by atoms with E-state index in [0.29, 0.717) is 49.8 Å². The number of ether oxygens (including phenoxy) is 1. The van der Waals surface area contributed by atoms with Crippen molar-refractivity contribution >= 4 is 23.4 Å². The maximum Gasteiger partial charge on any atom is 0.266 e. The van der Waals surface area contributed by atoms with Crippen molar-refractivity contribution in [3.8, 4) is 5.75 Å². The number of hydrogen-bond donors (Lipinski definition) is 1. The fraction of sp³-hybridized carbons (Fsp3) is 0.652. The van der Waals surface area contributed by atoms with Gasteiger partial charge in [0.25, 0.3) is 5.91 Å². The van der Waals surface area contributed by atoms with Gasteiger partial charge >= 0.3 is 0 Å². The summed E-state index contributed by atoms with van der Waals surface area (Å²) >= 11 is 6.09. The third-order valence-corrected chi connectivity index (χ3v) is 6.79. The zero-order chi connectivity index (χ0) is 22.8. The van der Waals surface area contributed by atoms with Crippen LogP contribution in [0.4, 0.5) is 0 Å². The van der Waals surface area contributed by atoms with Crippen LogP contribution in [0.1, 0.15) is 39.2 Å². The van der Waals surface area contributed by atoms with Crippen molar-refractivity contribution in [2.75, 3.05) is 39.3 Å². The summed E-state index contributed by atoms with van der Waals surface area (Å²) in [5, 5.41) is 11.4. The minimum atomic E-state index is -1.03. The van der Waals surface area contributed by atoms with Crippen molar-refractivity contribution in [1.29, 1.82) is 0 Å². The molecule has 0 aromatic heterocycles. The lowest BCUT2D eigenvalue weighted by atomic mass is 10.0. The molecule has 1 aromatic rings. The Bertz CT molecular complexity index is 808. The molecule has 0 bridgehead atoms. The second-order valence-corrected chi connectivity index (χ2v) is 9.48. The highest BCUT2D eigenvalue weighted by atomic mass is 35.5. The number of carbonyl (C=O) groups excluding carboxylic acids is 2. The molecule has 3 rings (SSSR count). The Morgan fingerprint density at radius 2 is 1.71 bits per heavy atom. The predicted molar refractivity (Wildman–Crippen MR) is 120 cm³/mol. The zero-order valence-electron chi connectivity index (χ0n) is 18.9. The average molecular weight is 452 g/mol. The summed E-state index contributed by atoms with van der Waals surface area (Å²) < 4.78 is 6.04. The van der Waals surface area contributed by atoms with Gasteiger partial charge in [0.05, 0.1) is 6.10 Å². The molecule has 0 saturated carbocycles. The molecule has 0 radical (unpaired) electrons. The van der Waals surface area contributed by atoms with Gasteiger partial charge in [0.1, 0.15) is 5.75 Å². The minimum absolute atomic E-state index is 0.00477. The molecule has 1 N–H and O–H groups in total. The van der Waals surface area contributed by atoms with Gasteiger partial charge in [0.15, 0.2) is 5.60 Å². The van der Waals surface area contributed by atoms with Crippen LogP contribution in [0.2, 0.25) is 5.02 Å². The van der Waals surface area contributed by atoms with Crippen molar-refractivity contribution in [3.63, 3.8) is 0 Å². The van der Waals surface area contributed by atoms with Gasteiger partial charge in [-0.05, 0) is 57.4 Å². The van der Waals surface area contributed by atoms with Gasteiger partial charge in [0.2, 0.25) is 5.91 Å². The van der Waals surface area contributed by atoms with E-state index in [-0.39, 0.29) is 17.9 Å². The molecule has 31 heavy (non-hydrogen) atoms. The van der Waals surface area contributed by atoms with E-state index in [0.717, 1.165) is 18.7 Å². The first kappa shape index (κ1) is 23.8. The Labute approximate surface area is 189 Å². The van der Waals surface area contributed by atoms with E-state index in [2.05, 4.69) is 4.90 Å². The number of amides is 2. The molecule has 2 aliphatic rings. The maximum atomic E-state index is 13.3. The number of benzene rings is 1. The van der Waals surface area contributed by atoms with E-state index in [1.54, 1.807) is 37.8 Å². The highest BCUT2D eigenvalue weighted by Gasteiger charge is 2.38. The van der Waals surface area contributed by atoms with E-state index < -0.39 is 11.7 Å². The normalized spacial score (nSPS) is 23.4. The molecule has 2 amide bonds. The van der Waals surface area contributed by atoms with E-state index >= 15 is 0 Å². The van der Waals surface area contributed by atoms with Crippen LogP contribution < -0.4 is 4.74 Å². The summed E-state index contributed by atoms with van der Waals surface area (Å²) in [7, 11) is 0. The van der Waals surface area contributed by atoms with E-state index in [1.807, 2.05) is 17.9 Å². The fourth-order valence-electron chi connectivity index (χ4n) is 4.47. The number of aliphatic hydroxyl groups is 1. The Morgan fingerprint density at radius 1 is 1.06 bits per heavy atom. The van der Waals surface area contributed by atoms with E-state index in [1.165, 1.54) is 0 Å². The van der Waals surface area contributed by atoms with Crippen molar-refractivity contribution in [3.05, 3.63) is 28.8 Å². The van der Waals surface area contributed by atoms with Crippen LogP contribution in [-0.4, -0.2) is 88.6 Å². The monoisotopic (exact) mass is 451 g/mol. The number of rotatable bonds is 4. The molecule has 1 aromatic carbocycles. The van der Waals surface area contributed by atoms with Gasteiger partial charge in [-0.25, -0.2) is 0 Å². The Hall–Kier alpha value is -1.83. The van der Waals surface area contributed by atoms with Crippen LogP contribution in [0.5, 0.6) is 5.75 Å². The summed E-state index contributed by atoms with van der Waals surface area (Å²) in [6.45, 7) is 11.0. The third-order valence-electron chi connectivity index (χ3n) is 6.37. The van der Waals surface area contributed by atoms with Crippen molar-refractivity contribution < 1.29 is 19.4 Å². The summed E-state index contributed by atoms with van der Waals surface area (Å²) in [6, 6.07) is 5.37. The molecule has 2 fully saturated rings. The number of carbonyl (C=O) groups is 2. The molecule has 2 heterocycles. The van der Waals surface area contributed by atoms with E-state index in [4.69, 9.17) is 16.3 Å². The lowest BCUT2D eigenvalue weighted by molar-refractivity contribution is -0.145. The maximum absolute atomic E-state index is 13.3. The van der Waals surface area contributed by atoms with Crippen LogP contribution in [0.3, 0.4) is 0 Å². The molecular formula is C23H34ClN3O4. The molecule has 8 heteroatoms. The van der Waals surface area contributed by atoms with Crippen LogP contribution >= 0.6 is 11.6 Å². The van der Waals surface area contributed by atoms with Crippen molar-refractivity contribution in [2.45, 2.75) is 58.3 Å². The molecule has 0 aliphatic carbocycles. The van der Waals surface area contributed by atoms with Crippen molar-refractivity contribution in [1.82, 2.24) is 14.7 Å².